The number of benzene rings is 1. The van der Waals surface area contributed by atoms with Crippen molar-refractivity contribution in [2.45, 2.75) is 6.10 Å². The maximum Gasteiger partial charge on any atom is 0.337 e. The van der Waals surface area contributed by atoms with Crippen molar-refractivity contribution in [1.29, 1.82) is 0 Å². The number of ether oxygens (including phenoxy) is 3. The number of esters is 1. The van der Waals surface area contributed by atoms with Crippen molar-refractivity contribution in [3.05, 3.63) is 47.9 Å². The number of furan rings is 1. The van der Waals surface area contributed by atoms with Gasteiger partial charge in [-0.2, -0.15) is 0 Å². The standard InChI is InChI=1S/C21H26N2O7/c1-27-19-12-15(21(26)28-2)5-6-17(19)30-14-16(24)13-22-7-9-23(10-8-22)20(25)18-4-3-11-29-18/h3-6,11-12,16,24H,7-10,13-14H2,1-2H3/t16-/m0/s1. The summed E-state index contributed by atoms with van der Waals surface area (Å²) in [6, 6.07) is 8.06. The largest absolute Gasteiger partial charge is 0.493 e. The molecule has 0 radical (unpaired) electrons. The molecule has 1 saturated heterocycles. The van der Waals surface area contributed by atoms with Crippen LogP contribution in [0.2, 0.25) is 0 Å². The molecular weight excluding hydrogens is 392 g/mol. The summed E-state index contributed by atoms with van der Waals surface area (Å²) < 4.78 is 20.8. The summed E-state index contributed by atoms with van der Waals surface area (Å²) in [6.07, 6.45) is 0.764. The second kappa shape index (κ2) is 10.1. The number of amides is 1. The van der Waals surface area contributed by atoms with Crippen LogP contribution in [0.25, 0.3) is 0 Å². The van der Waals surface area contributed by atoms with Crippen LogP contribution in [0.3, 0.4) is 0 Å². The second-order valence-corrected chi connectivity index (χ2v) is 6.89. The van der Waals surface area contributed by atoms with Crippen LogP contribution in [0.15, 0.2) is 41.0 Å². The minimum Gasteiger partial charge on any atom is -0.493 e. The molecule has 2 aromatic rings. The normalized spacial score (nSPS) is 15.5. The maximum absolute atomic E-state index is 12.3. The topological polar surface area (TPSA) is 102 Å². The molecule has 9 nitrogen and oxygen atoms in total. The summed E-state index contributed by atoms with van der Waals surface area (Å²) in [5, 5.41) is 10.4. The summed E-state index contributed by atoms with van der Waals surface area (Å²) in [5.74, 6) is 0.563. The maximum atomic E-state index is 12.3. The van der Waals surface area contributed by atoms with E-state index in [0.29, 0.717) is 55.5 Å². The Morgan fingerprint density at radius 2 is 1.90 bits per heavy atom. The quantitative estimate of drug-likeness (QED) is 0.640. The van der Waals surface area contributed by atoms with Crippen LogP contribution < -0.4 is 9.47 Å². The highest BCUT2D eigenvalue weighted by atomic mass is 16.5. The molecule has 1 N–H and O–H groups in total. The molecule has 3 rings (SSSR count). The average Bonchev–Trinajstić information content (AvgIpc) is 3.32. The van der Waals surface area contributed by atoms with Gasteiger partial charge in [0.1, 0.15) is 12.7 Å². The van der Waals surface area contributed by atoms with Gasteiger partial charge in [0, 0.05) is 32.7 Å². The van der Waals surface area contributed by atoms with E-state index in [1.54, 1.807) is 29.2 Å². The van der Waals surface area contributed by atoms with E-state index in [0.717, 1.165) is 0 Å². The number of β-amino-alcohol motifs (C(OH)–C–C–N with tert-alkyl or cyclic N) is 1. The molecular formula is C21H26N2O7. The molecule has 1 aliphatic heterocycles. The van der Waals surface area contributed by atoms with Crippen molar-refractivity contribution in [3.63, 3.8) is 0 Å². The van der Waals surface area contributed by atoms with Gasteiger partial charge in [-0.05, 0) is 30.3 Å². The Kier molecular flexibility index (Phi) is 7.31. The van der Waals surface area contributed by atoms with E-state index in [1.807, 2.05) is 0 Å². The number of nitrogens with zero attached hydrogens (tertiary/aromatic N) is 2. The highest BCUT2D eigenvalue weighted by Crippen LogP contribution is 2.28. The van der Waals surface area contributed by atoms with E-state index >= 15 is 0 Å². The second-order valence-electron chi connectivity index (χ2n) is 6.89. The number of carbonyl (C=O) groups excluding carboxylic acids is 2. The van der Waals surface area contributed by atoms with E-state index in [1.165, 1.54) is 26.5 Å². The van der Waals surface area contributed by atoms with Gasteiger partial charge < -0.3 is 28.6 Å². The number of aliphatic hydroxyl groups excluding tert-OH is 1. The lowest BCUT2D eigenvalue weighted by molar-refractivity contribution is 0.0385. The van der Waals surface area contributed by atoms with Crippen molar-refractivity contribution in [2.75, 3.05) is 53.6 Å². The lowest BCUT2D eigenvalue weighted by Gasteiger charge is -2.35. The highest BCUT2D eigenvalue weighted by molar-refractivity contribution is 5.91. The Morgan fingerprint density at radius 1 is 1.13 bits per heavy atom. The molecule has 0 bridgehead atoms. The smallest absolute Gasteiger partial charge is 0.337 e. The van der Waals surface area contributed by atoms with E-state index in [9.17, 15) is 14.7 Å². The third kappa shape index (κ3) is 5.31. The summed E-state index contributed by atoms with van der Waals surface area (Å²) in [4.78, 5) is 27.7. The van der Waals surface area contributed by atoms with Gasteiger partial charge in [0.05, 0.1) is 26.0 Å². The van der Waals surface area contributed by atoms with Crippen LogP contribution in [0.1, 0.15) is 20.9 Å². The molecule has 0 spiro atoms. The molecule has 0 saturated carbocycles. The minimum atomic E-state index is -0.720. The minimum absolute atomic E-state index is 0.0689. The van der Waals surface area contributed by atoms with E-state index in [-0.39, 0.29) is 12.5 Å². The van der Waals surface area contributed by atoms with Crippen LogP contribution in [0, 0.1) is 0 Å². The van der Waals surface area contributed by atoms with E-state index in [4.69, 9.17) is 18.6 Å². The molecule has 1 aromatic heterocycles. The number of hydrogen-bond donors (Lipinski definition) is 1. The molecule has 9 heteroatoms. The van der Waals surface area contributed by atoms with Crippen molar-refractivity contribution < 1.29 is 33.3 Å². The number of aliphatic hydroxyl groups is 1. The fourth-order valence-corrected chi connectivity index (χ4v) is 3.26. The van der Waals surface area contributed by atoms with Gasteiger partial charge in [0.25, 0.3) is 5.91 Å². The average molecular weight is 418 g/mol. The number of hydrogen-bond acceptors (Lipinski definition) is 8. The monoisotopic (exact) mass is 418 g/mol. The van der Waals surface area contributed by atoms with Crippen LogP contribution in [0.4, 0.5) is 0 Å². The number of methoxy groups -OCH3 is 2. The van der Waals surface area contributed by atoms with Gasteiger partial charge in [0.15, 0.2) is 17.3 Å². The van der Waals surface area contributed by atoms with Crippen LogP contribution in [-0.2, 0) is 4.74 Å². The molecule has 1 amide bonds. The van der Waals surface area contributed by atoms with Gasteiger partial charge in [-0.25, -0.2) is 4.79 Å². The molecule has 30 heavy (non-hydrogen) atoms. The Labute approximate surface area is 174 Å². The number of piperazine rings is 1. The summed E-state index contributed by atoms with van der Waals surface area (Å²) >= 11 is 0. The zero-order valence-corrected chi connectivity index (χ0v) is 17.1. The van der Waals surface area contributed by atoms with Crippen LogP contribution >= 0.6 is 0 Å². The molecule has 1 aromatic carbocycles. The van der Waals surface area contributed by atoms with Gasteiger partial charge in [-0.3, -0.25) is 9.69 Å². The summed E-state index contributed by atoms with van der Waals surface area (Å²) in [6.45, 7) is 2.93. The van der Waals surface area contributed by atoms with Gasteiger partial charge >= 0.3 is 5.97 Å². The fraction of sp³-hybridized carbons (Fsp3) is 0.429. The van der Waals surface area contributed by atoms with Gasteiger partial charge in [0.2, 0.25) is 0 Å². The molecule has 1 atom stereocenters. The Balaban J connectivity index is 1.46. The first kappa shape index (κ1) is 21.7. The molecule has 2 heterocycles. The highest BCUT2D eigenvalue weighted by Gasteiger charge is 2.25. The van der Waals surface area contributed by atoms with Gasteiger partial charge in [-0.15, -0.1) is 0 Å². The van der Waals surface area contributed by atoms with Gasteiger partial charge in [-0.1, -0.05) is 0 Å². The number of rotatable bonds is 8. The zero-order chi connectivity index (χ0) is 21.5. The lowest BCUT2D eigenvalue weighted by Crippen LogP contribution is -2.50. The molecule has 1 fully saturated rings. The fourth-order valence-electron chi connectivity index (χ4n) is 3.26. The SMILES string of the molecule is COC(=O)c1ccc(OC[C@@H](O)CN2CCN(C(=O)c3ccco3)CC2)c(OC)c1. The third-order valence-corrected chi connectivity index (χ3v) is 4.88. The van der Waals surface area contributed by atoms with Crippen molar-refractivity contribution in [3.8, 4) is 11.5 Å². The van der Waals surface area contributed by atoms with Crippen molar-refractivity contribution in [1.82, 2.24) is 9.80 Å². The predicted octanol–water partition coefficient (Wildman–Crippen LogP) is 1.27. The summed E-state index contributed by atoms with van der Waals surface area (Å²) in [5.41, 5.74) is 0.351. The Bertz CT molecular complexity index is 845. The molecule has 0 aliphatic carbocycles. The first-order valence-corrected chi connectivity index (χ1v) is 9.64. The first-order valence-electron chi connectivity index (χ1n) is 9.64. The lowest BCUT2D eigenvalue weighted by atomic mass is 10.2. The van der Waals surface area contributed by atoms with Crippen LogP contribution in [-0.4, -0.2) is 86.4 Å². The predicted molar refractivity (Wildman–Crippen MR) is 107 cm³/mol. The summed E-state index contributed by atoms with van der Waals surface area (Å²) in [7, 11) is 2.78. The molecule has 1 aliphatic rings. The van der Waals surface area contributed by atoms with Crippen LogP contribution in [0.5, 0.6) is 11.5 Å². The number of carbonyl (C=O) groups is 2. The Hall–Kier alpha value is -3.04. The molecule has 0 unspecified atom stereocenters. The Morgan fingerprint density at radius 3 is 2.53 bits per heavy atom. The van der Waals surface area contributed by atoms with Crippen molar-refractivity contribution >= 4 is 11.9 Å². The zero-order valence-electron chi connectivity index (χ0n) is 17.1. The molecule has 162 valence electrons. The van der Waals surface area contributed by atoms with E-state index in [2.05, 4.69) is 4.90 Å². The first-order chi connectivity index (χ1) is 14.5. The third-order valence-electron chi connectivity index (χ3n) is 4.88. The van der Waals surface area contributed by atoms with E-state index < -0.39 is 12.1 Å². The van der Waals surface area contributed by atoms with Crippen molar-refractivity contribution in [2.24, 2.45) is 0 Å².